The number of hydrazone groups is 1. The minimum absolute atomic E-state index is 0.0832. The maximum atomic E-state index is 11.8. The van der Waals surface area contributed by atoms with Crippen molar-refractivity contribution < 1.29 is 9.53 Å². The average Bonchev–Trinajstić information content (AvgIpc) is 2.51. The second-order valence-electron chi connectivity index (χ2n) is 4.16. The largest absolute Gasteiger partial charge is 0.486 e. The lowest BCUT2D eigenvalue weighted by Gasteiger charge is -2.06. The van der Waals surface area contributed by atoms with Gasteiger partial charge in [-0.05, 0) is 30.3 Å². The third-order valence-corrected chi connectivity index (χ3v) is 2.75. The van der Waals surface area contributed by atoms with E-state index in [9.17, 15) is 4.79 Å². The van der Waals surface area contributed by atoms with Gasteiger partial charge in [-0.3, -0.25) is 4.79 Å². The molecule has 0 spiro atoms. The molecule has 2 aromatic rings. The fourth-order valence-corrected chi connectivity index (χ4v) is 1.71. The Labute approximate surface area is 127 Å². The van der Waals surface area contributed by atoms with Crippen molar-refractivity contribution in [3.05, 3.63) is 65.2 Å². The van der Waals surface area contributed by atoms with Crippen LogP contribution in [0.25, 0.3) is 0 Å². The Kier molecular flexibility index (Phi) is 5.17. The van der Waals surface area contributed by atoms with Crippen molar-refractivity contribution in [1.29, 1.82) is 0 Å². The molecule has 21 heavy (non-hydrogen) atoms. The number of hydrogen-bond acceptors (Lipinski definition) is 3. The summed E-state index contributed by atoms with van der Waals surface area (Å²) in [7, 11) is 0. The molecule has 0 aliphatic rings. The SMILES string of the molecule is N/C(COc1ccccc1)=N\NC(=O)c1cccc(Cl)c1. The van der Waals surface area contributed by atoms with Gasteiger partial charge in [0.25, 0.3) is 5.91 Å². The third kappa shape index (κ3) is 4.81. The van der Waals surface area contributed by atoms with Crippen LogP contribution in [0.2, 0.25) is 5.02 Å². The summed E-state index contributed by atoms with van der Waals surface area (Å²) in [4.78, 5) is 11.8. The van der Waals surface area contributed by atoms with Crippen LogP contribution in [0.3, 0.4) is 0 Å². The summed E-state index contributed by atoms with van der Waals surface area (Å²) in [6.07, 6.45) is 0. The zero-order valence-electron chi connectivity index (χ0n) is 11.1. The zero-order chi connectivity index (χ0) is 15.1. The van der Waals surface area contributed by atoms with E-state index in [4.69, 9.17) is 22.1 Å². The summed E-state index contributed by atoms with van der Waals surface area (Å²) in [5.74, 6) is 0.450. The Morgan fingerprint density at radius 1 is 1.19 bits per heavy atom. The van der Waals surface area contributed by atoms with Crippen molar-refractivity contribution in [2.45, 2.75) is 0 Å². The smallest absolute Gasteiger partial charge is 0.271 e. The standard InChI is InChI=1S/C15H14ClN3O2/c16-12-6-4-5-11(9-12)15(20)19-18-14(17)10-21-13-7-2-1-3-8-13/h1-9H,10H2,(H2,17,18)(H,19,20). The molecular weight excluding hydrogens is 290 g/mol. The van der Waals surface area contributed by atoms with Crippen LogP contribution >= 0.6 is 11.6 Å². The minimum Gasteiger partial charge on any atom is -0.486 e. The molecule has 0 aliphatic heterocycles. The number of nitrogens with zero attached hydrogens (tertiary/aromatic N) is 1. The summed E-state index contributed by atoms with van der Waals surface area (Å²) >= 11 is 5.81. The van der Waals surface area contributed by atoms with Gasteiger partial charge >= 0.3 is 0 Å². The number of para-hydroxylation sites is 1. The summed E-state index contributed by atoms with van der Waals surface area (Å²) in [6.45, 7) is 0.0832. The molecule has 0 aliphatic carbocycles. The molecule has 3 N–H and O–H groups in total. The number of benzene rings is 2. The summed E-state index contributed by atoms with van der Waals surface area (Å²) in [5.41, 5.74) is 8.42. The number of ether oxygens (including phenoxy) is 1. The molecule has 0 radical (unpaired) electrons. The highest BCUT2D eigenvalue weighted by molar-refractivity contribution is 6.30. The van der Waals surface area contributed by atoms with Gasteiger partial charge in [-0.1, -0.05) is 35.9 Å². The van der Waals surface area contributed by atoms with Crippen molar-refractivity contribution in [3.63, 3.8) is 0 Å². The van der Waals surface area contributed by atoms with E-state index in [-0.39, 0.29) is 18.3 Å². The predicted molar refractivity (Wildman–Crippen MR) is 82.5 cm³/mol. The molecule has 108 valence electrons. The fraction of sp³-hybridized carbons (Fsp3) is 0.0667. The monoisotopic (exact) mass is 303 g/mol. The normalized spacial score (nSPS) is 11.0. The third-order valence-electron chi connectivity index (χ3n) is 2.52. The Bertz CT molecular complexity index is 644. The van der Waals surface area contributed by atoms with Crippen molar-refractivity contribution in [2.24, 2.45) is 10.8 Å². The van der Waals surface area contributed by atoms with Crippen LogP contribution in [0.15, 0.2) is 59.7 Å². The van der Waals surface area contributed by atoms with E-state index in [0.717, 1.165) is 0 Å². The summed E-state index contributed by atoms with van der Waals surface area (Å²) in [5, 5.41) is 4.25. The zero-order valence-corrected chi connectivity index (χ0v) is 11.9. The van der Waals surface area contributed by atoms with Gasteiger partial charge in [-0.15, -0.1) is 0 Å². The maximum absolute atomic E-state index is 11.8. The van der Waals surface area contributed by atoms with E-state index in [0.29, 0.717) is 16.3 Å². The Hall–Kier alpha value is -2.53. The molecule has 0 saturated carbocycles. The number of rotatable bonds is 5. The van der Waals surface area contributed by atoms with Crippen molar-refractivity contribution >= 4 is 23.3 Å². The van der Waals surface area contributed by atoms with Crippen LogP contribution in [0.4, 0.5) is 0 Å². The fourth-order valence-electron chi connectivity index (χ4n) is 1.52. The van der Waals surface area contributed by atoms with Crippen molar-refractivity contribution in [3.8, 4) is 5.75 Å². The highest BCUT2D eigenvalue weighted by Gasteiger charge is 2.05. The Balaban J connectivity index is 1.87. The van der Waals surface area contributed by atoms with Gasteiger partial charge in [-0.25, -0.2) is 5.43 Å². The van der Waals surface area contributed by atoms with Crippen molar-refractivity contribution in [1.82, 2.24) is 5.43 Å². The molecule has 2 rings (SSSR count). The number of nitrogens with one attached hydrogen (secondary N) is 1. The van der Waals surface area contributed by atoms with Gasteiger partial charge in [-0.2, -0.15) is 5.10 Å². The lowest BCUT2D eigenvalue weighted by atomic mass is 10.2. The molecule has 0 bridgehead atoms. The molecular formula is C15H14ClN3O2. The van der Waals surface area contributed by atoms with E-state index in [1.54, 1.807) is 36.4 Å². The second-order valence-corrected chi connectivity index (χ2v) is 4.59. The molecule has 0 aromatic heterocycles. The number of amidine groups is 1. The van der Waals surface area contributed by atoms with Gasteiger partial charge in [0.05, 0.1) is 0 Å². The molecule has 0 saturated heterocycles. The molecule has 1 amide bonds. The highest BCUT2D eigenvalue weighted by atomic mass is 35.5. The average molecular weight is 304 g/mol. The molecule has 0 atom stereocenters. The van der Waals surface area contributed by atoms with Crippen LogP contribution in [0.5, 0.6) is 5.75 Å². The highest BCUT2D eigenvalue weighted by Crippen LogP contribution is 2.10. The quantitative estimate of drug-likeness (QED) is 0.506. The van der Waals surface area contributed by atoms with Gasteiger partial charge in [0, 0.05) is 10.6 Å². The van der Waals surface area contributed by atoms with E-state index >= 15 is 0 Å². The molecule has 5 nitrogen and oxygen atoms in total. The van der Waals surface area contributed by atoms with Crippen LogP contribution < -0.4 is 15.9 Å². The van der Waals surface area contributed by atoms with Crippen LogP contribution in [-0.4, -0.2) is 18.3 Å². The molecule has 6 heteroatoms. The number of halogens is 1. The first-order valence-corrected chi connectivity index (χ1v) is 6.59. The van der Waals surface area contributed by atoms with E-state index in [1.807, 2.05) is 18.2 Å². The van der Waals surface area contributed by atoms with E-state index in [2.05, 4.69) is 10.5 Å². The van der Waals surface area contributed by atoms with Gasteiger partial charge in [0.2, 0.25) is 0 Å². The van der Waals surface area contributed by atoms with Crippen LogP contribution in [-0.2, 0) is 0 Å². The summed E-state index contributed by atoms with van der Waals surface area (Å²) < 4.78 is 5.40. The van der Waals surface area contributed by atoms with Gasteiger partial charge in [0.15, 0.2) is 5.84 Å². The number of nitrogens with two attached hydrogens (primary N) is 1. The van der Waals surface area contributed by atoms with Gasteiger partial charge < -0.3 is 10.5 Å². The van der Waals surface area contributed by atoms with E-state index in [1.165, 1.54) is 0 Å². The van der Waals surface area contributed by atoms with Gasteiger partial charge in [0.1, 0.15) is 12.4 Å². The van der Waals surface area contributed by atoms with Crippen molar-refractivity contribution in [2.75, 3.05) is 6.61 Å². The first-order chi connectivity index (χ1) is 10.1. The van der Waals surface area contributed by atoms with Crippen LogP contribution in [0, 0.1) is 0 Å². The minimum atomic E-state index is -0.389. The number of hydrogen-bond donors (Lipinski definition) is 2. The number of carbonyl (C=O) groups excluding carboxylic acids is 1. The predicted octanol–water partition coefficient (Wildman–Crippen LogP) is 2.42. The van der Waals surface area contributed by atoms with Crippen LogP contribution in [0.1, 0.15) is 10.4 Å². The maximum Gasteiger partial charge on any atom is 0.271 e. The Morgan fingerprint density at radius 2 is 1.95 bits per heavy atom. The first-order valence-electron chi connectivity index (χ1n) is 6.21. The Morgan fingerprint density at radius 3 is 2.67 bits per heavy atom. The molecule has 2 aromatic carbocycles. The lowest BCUT2D eigenvalue weighted by molar-refractivity contribution is 0.0954. The lowest BCUT2D eigenvalue weighted by Crippen LogP contribution is -2.27. The molecule has 0 unspecified atom stereocenters. The molecule has 0 heterocycles. The van der Waals surface area contributed by atoms with E-state index < -0.39 is 0 Å². The number of carbonyl (C=O) groups is 1. The number of amides is 1. The summed E-state index contributed by atoms with van der Waals surface area (Å²) in [6, 6.07) is 15.7. The second kappa shape index (κ2) is 7.31. The first kappa shape index (κ1) is 14.9. The topological polar surface area (TPSA) is 76.7 Å². The molecule has 0 fully saturated rings.